The molecule has 0 aliphatic carbocycles. The van der Waals surface area contributed by atoms with Gasteiger partial charge in [-0.25, -0.2) is 4.79 Å². The van der Waals surface area contributed by atoms with Gasteiger partial charge in [-0.1, -0.05) is 11.6 Å². The van der Waals surface area contributed by atoms with Crippen molar-refractivity contribution in [3.05, 3.63) is 71.0 Å². The minimum Gasteiger partial charge on any atom is -0.495 e. The fourth-order valence-corrected chi connectivity index (χ4v) is 3.00. The van der Waals surface area contributed by atoms with Crippen molar-refractivity contribution in [2.24, 2.45) is 0 Å². The smallest absolute Gasteiger partial charge is 0.416 e. The Bertz CT molecular complexity index is 1220. The summed E-state index contributed by atoms with van der Waals surface area (Å²) in [7, 11) is 2.74. The number of methoxy groups -OCH3 is 1. The van der Waals surface area contributed by atoms with Gasteiger partial charge in [0.1, 0.15) is 22.9 Å². The number of rotatable bonds is 6. The van der Waals surface area contributed by atoms with E-state index in [1.54, 1.807) is 0 Å². The van der Waals surface area contributed by atoms with Crippen LogP contribution in [-0.2, 0) is 6.18 Å². The van der Waals surface area contributed by atoms with Crippen LogP contribution in [0.2, 0.25) is 5.02 Å². The van der Waals surface area contributed by atoms with Gasteiger partial charge >= 0.3 is 12.2 Å². The number of carbonyl (C=O) groups is 2. The molecule has 3 aromatic rings. The van der Waals surface area contributed by atoms with E-state index < -0.39 is 17.8 Å². The van der Waals surface area contributed by atoms with E-state index >= 15 is 0 Å². The van der Waals surface area contributed by atoms with Gasteiger partial charge in [0.25, 0.3) is 5.91 Å². The second-order valence-corrected chi connectivity index (χ2v) is 7.10. The number of ether oxygens (including phenoxy) is 2. The van der Waals surface area contributed by atoms with Crippen molar-refractivity contribution in [1.29, 1.82) is 0 Å². The van der Waals surface area contributed by atoms with Crippen LogP contribution < -0.4 is 25.4 Å². The van der Waals surface area contributed by atoms with E-state index in [1.807, 2.05) is 0 Å². The molecule has 3 amide bonds. The van der Waals surface area contributed by atoms with Gasteiger partial charge in [-0.3, -0.25) is 9.78 Å². The number of alkyl halides is 3. The number of anilines is 2. The van der Waals surface area contributed by atoms with Crippen LogP contribution in [-0.4, -0.2) is 31.1 Å². The average Bonchev–Trinajstić information content (AvgIpc) is 2.79. The number of halogens is 4. The molecule has 34 heavy (non-hydrogen) atoms. The molecular formula is C22H18ClF3N4O4. The largest absolute Gasteiger partial charge is 0.495 e. The number of aromatic nitrogens is 1. The molecule has 0 saturated heterocycles. The zero-order valence-electron chi connectivity index (χ0n) is 17.8. The second-order valence-electron chi connectivity index (χ2n) is 6.70. The number of benzene rings is 2. The highest BCUT2D eigenvalue weighted by Gasteiger charge is 2.31. The first-order chi connectivity index (χ1) is 16.1. The van der Waals surface area contributed by atoms with E-state index in [0.717, 1.165) is 18.2 Å². The zero-order valence-corrected chi connectivity index (χ0v) is 18.5. The van der Waals surface area contributed by atoms with Crippen molar-refractivity contribution < 1.29 is 32.2 Å². The highest BCUT2D eigenvalue weighted by Crippen LogP contribution is 2.35. The molecule has 0 atom stereocenters. The highest BCUT2D eigenvalue weighted by molar-refractivity contribution is 6.32. The molecule has 8 nitrogen and oxygen atoms in total. The number of nitrogens with one attached hydrogen (secondary N) is 3. The lowest BCUT2D eigenvalue weighted by Crippen LogP contribution is -2.20. The Morgan fingerprint density at radius 2 is 1.74 bits per heavy atom. The molecule has 3 rings (SSSR count). The number of hydrogen-bond donors (Lipinski definition) is 3. The summed E-state index contributed by atoms with van der Waals surface area (Å²) >= 11 is 6.23. The molecule has 0 bridgehead atoms. The van der Waals surface area contributed by atoms with Crippen LogP contribution in [0.3, 0.4) is 0 Å². The second kappa shape index (κ2) is 10.3. The molecule has 0 radical (unpaired) electrons. The summed E-state index contributed by atoms with van der Waals surface area (Å²) < 4.78 is 49.6. The first-order valence-electron chi connectivity index (χ1n) is 9.59. The summed E-state index contributed by atoms with van der Waals surface area (Å²) in [4.78, 5) is 28.0. The Morgan fingerprint density at radius 3 is 2.38 bits per heavy atom. The Balaban J connectivity index is 1.71. The van der Waals surface area contributed by atoms with E-state index in [0.29, 0.717) is 5.75 Å². The predicted molar refractivity (Wildman–Crippen MR) is 120 cm³/mol. The number of amides is 3. The van der Waals surface area contributed by atoms with Gasteiger partial charge in [0, 0.05) is 25.0 Å². The van der Waals surface area contributed by atoms with Crippen molar-refractivity contribution in [3.8, 4) is 17.2 Å². The number of carbonyl (C=O) groups excluding carboxylic acids is 2. The van der Waals surface area contributed by atoms with Crippen LogP contribution in [0, 0.1) is 0 Å². The number of pyridine rings is 1. The molecule has 0 saturated carbocycles. The van der Waals surface area contributed by atoms with Crippen LogP contribution >= 0.6 is 11.6 Å². The molecule has 2 aromatic carbocycles. The number of nitrogens with zero attached hydrogens (tertiary/aromatic N) is 1. The lowest BCUT2D eigenvalue weighted by Gasteiger charge is -2.15. The van der Waals surface area contributed by atoms with Crippen LogP contribution in [0.15, 0.2) is 54.7 Å². The number of urea groups is 1. The Hall–Kier alpha value is -3.99. The van der Waals surface area contributed by atoms with Gasteiger partial charge in [-0.2, -0.15) is 13.2 Å². The molecule has 1 aromatic heterocycles. The van der Waals surface area contributed by atoms with Gasteiger partial charge in [-0.05, 0) is 42.5 Å². The van der Waals surface area contributed by atoms with Gasteiger partial charge in [0.05, 0.1) is 23.4 Å². The summed E-state index contributed by atoms with van der Waals surface area (Å²) in [6.45, 7) is 0. The van der Waals surface area contributed by atoms with E-state index in [9.17, 15) is 22.8 Å². The highest BCUT2D eigenvalue weighted by atomic mass is 35.5. The fraction of sp³-hybridized carbons (Fsp3) is 0.136. The fourth-order valence-electron chi connectivity index (χ4n) is 2.78. The maximum atomic E-state index is 13.0. The minimum absolute atomic E-state index is 0.0541. The Labute approximate surface area is 197 Å². The Kier molecular flexibility index (Phi) is 7.47. The molecule has 0 fully saturated rings. The van der Waals surface area contributed by atoms with Crippen molar-refractivity contribution in [2.45, 2.75) is 6.18 Å². The summed E-state index contributed by atoms with van der Waals surface area (Å²) in [5.41, 5.74) is -0.702. The third kappa shape index (κ3) is 6.07. The molecule has 12 heteroatoms. The van der Waals surface area contributed by atoms with E-state index in [4.69, 9.17) is 21.1 Å². The van der Waals surface area contributed by atoms with Gasteiger partial charge < -0.3 is 25.4 Å². The van der Waals surface area contributed by atoms with Crippen LogP contribution in [0.25, 0.3) is 0 Å². The number of hydrogen-bond acceptors (Lipinski definition) is 5. The lowest BCUT2D eigenvalue weighted by atomic mass is 10.2. The predicted octanol–water partition coefficient (Wildman–Crippen LogP) is 5.56. The molecule has 0 aliphatic rings. The third-order valence-corrected chi connectivity index (χ3v) is 4.68. The summed E-state index contributed by atoms with van der Waals surface area (Å²) in [6, 6.07) is 9.21. The van der Waals surface area contributed by atoms with Crippen molar-refractivity contribution in [3.63, 3.8) is 0 Å². The summed E-state index contributed by atoms with van der Waals surface area (Å²) in [5.74, 6) is 0.213. The lowest BCUT2D eigenvalue weighted by molar-refractivity contribution is -0.137. The monoisotopic (exact) mass is 494 g/mol. The maximum Gasteiger partial charge on any atom is 0.416 e. The average molecular weight is 495 g/mol. The Morgan fingerprint density at radius 1 is 1.00 bits per heavy atom. The minimum atomic E-state index is -4.58. The normalized spacial score (nSPS) is 10.9. The molecular weight excluding hydrogens is 477 g/mol. The topological polar surface area (TPSA) is 102 Å². The maximum absolute atomic E-state index is 13.0. The third-order valence-electron chi connectivity index (χ3n) is 4.38. The zero-order chi connectivity index (χ0) is 24.9. The van der Waals surface area contributed by atoms with Gasteiger partial charge in [0.15, 0.2) is 0 Å². The molecule has 0 aliphatic heterocycles. The first kappa shape index (κ1) is 24.6. The van der Waals surface area contributed by atoms with Gasteiger partial charge in [0.2, 0.25) is 0 Å². The SMILES string of the molecule is CNC(=O)c1cc(Oc2ccc(NC(=O)Nc3cc(C(F)(F)F)ccc3OC)cc2Cl)ccn1. The first-order valence-corrected chi connectivity index (χ1v) is 9.97. The standard InChI is InChI=1S/C22H18ClF3N4O4/c1-27-20(31)17-11-14(7-8-28-17)34-18-6-4-13(10-15(18)23)29-21(32)30-16-9-12(22(24,25)26)3-5-19(16)33-2/h3-11H,1-2H3,(H,27,31)(H2,29,30,32). The van der Waals surface area contributed by atoms with Crippen LogP contribution in [0.5, 0.6) is 17.2 Å². The molecule has 0 unspecified atom stereocenters. The van der Waals surface area contributed by atoms with Crippen LogP contribution in [0.1, 0.15) is 16.1 Å². The van der Waals surface area contributed by atoms with Crippen molar-refractivity contribution in [2.75, 3.05) is 24.8 Å². The van der Waals surface area contributed by atoms with Gasteiger partial charge in [-0.15, -0.1) is 0 Å². The van der Waals surface area contributed by atoms with Crippen molar-refractivity contribution in [1.82, 2.24) is 10.3 Å². The van der Waals surface area contributed by atoms with E-state index in [-0.39, 0.29) is 39.5 Å². The van der Waals surface area contributed by atoms with E-state index in [1.165, 1.54) is 50.7 Å². The van der Waals surface area contributed by atoms with Crippen molar-refractivity contribution >= 4 is 34.9 Å². The molecule has 178 valence electrons. The molecule has 0 spiro atoms. The summed E-state index contributed by atoms with van der Waals surface area (Å²) in [5, 5.41) is 7.38. The summed E-state index contributed by atoms with van der Waals surface area (Å²) in [6.07, 6.45) is -3.19. The van der Waals surface area contributed by atoms with E-state index in [2.05, 4.69) is 20.9 Å². The molecule has 1 heterocycles. The van der Waals surface area contributed by atoms with Crippen LogP contribution in [0.4, 0.5) is 29.3 Å². The molecule has 3 N–H and O–H groups in total. The quantitative estimate of drug-likeness (QED) is 0.416.